The molecule has 0 spiro atoms. The van der Waals surface area contributed by atoms with Gasteiger partial charge in [-0.25, -0.2) is 0 Å². The summed E-state index contributed by atoms with van der Waals surface area (Å²) in [7, 11) is 3.68. The number of ether oxygens (including phenoxy) is 1. The molecule has 16 heavy (non-hydrogen) atoms. The molecule has 1 aromatic carbocycles. The van der Waals surface area contributed by atoms with E-state index < -0.39 is 0 Å². The van der Waals surface area contributed by atoms with E-state index in [1.165, 1.54) is 0 Å². The molecule has 0 fully saturated rings. The van der Waals surface area contributed by atoms with E-state index in [-0.39, 0.29) is 12.5 Å². The quantitative estimate of drug-likeness (QED) is 0.859. The van der Waals surface area contributed by atoms with E-state index >= 15 is 0 Å². The highest BCUT2D eigenvalue weighted by Gasteiger charge is 2.11. The van der Waals surface area contributed by atoms with Crippen molar-refractivity contribution >= 4 is 10.9 Å². The maximum atomic E-state index is 9.20. The van der Waals surface area contributed by atoms with Gasteiger partial charge in [0.05, 0.1) is 12.6 Å². The second kappa shape index (κ2) is 4.18. The Morgan fingerprint density at radius 2 is 2.19 bits per heavy atom. The van der Waals surface area contributed by atoms with Gasteiger partial charge in [-0.15, -0.1) is 0 Å². The summed E-state index contributed by atoms with van der Waals surface area (Å²) in [6.45, 7) is 2.16. The minimum Gasteiger partial charge on any atom is -0.496 e. The van der Waals surface area contributed by atoms with Crippen LogP contribution in [0.1, 0.15) is 18.4 Å². The lowest BCUT2D eigenvalue weighted by molar-refractivity contribution is 0.273. The minimum atomic E-state index is 0.133. The third-order valence-corrected chi connectivity index (χ3v) is 3.05. The zero-order valence-corrected chi connectivity index (χ0v) is 9.90. The van der Waals surface area contributed by atoms with Crippen molar-refractivity contribution in [2.45, 2.75) is 12.8 Å². The SMILES string of the molecule is COc1cc(C(C)CO)cc2c1ccn2C. The standard InChI is InChI=1S/C13H17NO2/c1-9(8-15)10-6-12-11(4-5-14(12)2)13(7-10)16-3/h4-7,9,15H,8H2,1-3H3. The number of aryl methyl sites for hydroxylation is 1. The normalized spacial score (nSPS) is 13.0. The molecule has 0 saturated heterocycles. The zero-order valence-electron chi connectivity index (χ0n) is 9.90. The van der Waals surface area contributed by atoms with Crippen LogP contribution in [0.2, 0.25) is 0 Å². The van der Waals surface area contributed by atoms with Crippen molar-refractivity contribution in [1.82, 2.24) is 4.57 Å². The first-order chi connectivity index (χ1) is 7.67. The van der Waals surface area contributed by atoms with Crippen LogP contribution in [0.5, 0.6) is 5.75 Å². The number of rotatable bonds is 3. The number of aliphatic hydroxyl groups excluding tert-OH is 1. The minimum absolute atomic E-state index is 0.133. The molecule has 1 aromatic heterocycles. The molecule has 1 unspecified atom stereocenters. The van der Waals surface area contributed by atoms with Gasteiger partial charge in [-0.05, 0) is 23.8 Å². The first-order valence-corrected chi connectivity index (χ1v) is 5.41. The maximum absolute atomic E-state index is 9.20. The van der Waals surface area contributed by atoms with Crippen molar-refractivity contribution in [1.29, 1.82) is 0 Å². The Morgan fingerprint density at radius 1 is 1.44 bits per heavy atom. The first kappa shape index (κ1) is 11.0. The average Bonchev–Trinajstić information content (AvgIpc) is 2.69. The molecule has 1 N–H and O–H groups in total. The maximum Gasteiger partial charge on any atom is 0.128 e. The number of nitrogens with zero attached hydrogens (tertiary/aromatic N) is 1. The monoisotopic (exact) mass is 219 g/mol. The Hall–Kier alpha value is -1.48. The largest absolute Gasteiger partial charge is 0.496 e. The molecule has 3 heteroatoms. The van der Waals surface area contributed by atoms with Gasteiger partial charge in [-0.1, -0.05) is 6.92 Å². The summed E-state index contributed by atoms with van der Waals surface area (Å²) in [5, 5.41) is 10.3. The summed E-state index contributed by atoms with van der Waals surface area (Å²) in [5.74, 6) is 1.00. The Kier molecular flexibility index (Phi) is 2.88. The fourth-order valence-corrected chi connectivity index (χ4v) is 1.92. The number of aromatic nitrogens is 1. The second-order valence-electron chi connectivity index (χ2n) is 4.17. The molecule has 0 aliphatic rings. The Bertz CT molecular complexity index is 502. The highest BCUT2D eigenvalue weighted by atomic mass is 16.5. The molecule has 0 aliphatic carbocycles. The molecule has 1 atom stereocenters. The number of aliphatic hydroxyl groups is 1. The van der Waals surface area contributed by atoms with Crippen LogP contribution in [0.25, 0.3) is 10.9 Å². The van der Waals surface area contributed by atoms with Crippen LogP contribution in [0.15, 0.2) is 24.4 Å². The van der Waals surface area contributed by atoms with Crippen molar-refractivity contribution in [3.8, 4) is 5.75 Å². The van der Waals surface area contributed by atoms with E-state index in [2.05, 4.69) is 10.6 Å². The van der Waals surface area contributed by atoms with Crippen LogP contribution in [-0.2, 0) is 7.05 Å². The second-order valence-corrected chi connectivity index (χ2v) is 4.17. The van der Waals surface area contributed by atoms with E-state index in [9.17, 15) is 5.11 Å². The third-order valence-electron chi connectivity index (χ3n) is 3.05. The van der Waals surface area contributed by atoms with Crippen molar-refractivity contribution in [3.05, 3.63) is 30.0 Å². The van der Waals surface area contributed by atoms with E-state index in [1.807, 2.05) is 32.3 Å². The van der Waals surface area contributed by atoms with E-state index in [4.69, 9.17) is 4.74 Å². The van der Waals surface area contributed by atoms with E-state index in [0.29, 0.717) is 0 Å². The topological polar surface area (TPSA) is 34.4 Å². The predicted octanol–water partition coefficient (Wildman–Crippen LogP) is 2.28. The van der Waals surface area contributed by atoms with Gasteiger partial charge in [-0.2, -0.15) is 0 Å². The highest BCUT2D eigenvalue weighted by Crippen LogP contribution is 2.30. The molecule has 0 aliphatic heterocycles. The van der Waals surface area contributed by atoms with Crippen LogP contribution < -0.4 is 4.74 Å². The molecular weight excluding hydrogens is 202 g/mol. The van der Waals surface area contributed by atoms with Crippen molar-refractivity contribution < 1.29 is 9.84 Å². The van der Waals surface area contributed by atoms with E-state index in [0.717, 1.165) is 22.2 Å². The van der Waals surface area contributed by atoms with Gasteiger partial charge in [0.25, 0.3) is 0 Å². The van der Waals surface area contributed by atoms with Crippen molar-refractivity contribution in [2.75, 3.05) is 13.7 Å². The number of fused-ring (bicyclic) bond motifs is 1. The Morgan fingerprint density at radius 3 is 2.81 bits per heavy atom. The average molecular weight is 219 g/mol. The number of benzene rings is 1. The molecule has 2 rings (SSSR count). The smallest absolute Gasteiger partial charge is 0.128 e. The van der Waals surface area contributed by atoms with Crippen LogP contribution in [0.4, 0.5) is 0 Å². The number of hydrogen-bond acceptors (Lipinski definition) is 2. The summed E-state index contributed by atoms with van der Waals surface area (Å²) in [5.41, 5.74) is 2.24. The van der Waals surface area contributed by atoms with Gasteiger partial charge in [0.2, 0.25) is 0 Å². The van der Waals surface area contributed by atoms with Gasteiger partial charge in [0, 0.05) is 31.2 Å². The van der Waals surface area contributed by atoms with Crippen LogP contribution in [0, 0.1) is 0 Å². The first-order valence-electron chi connectivity index (χ1n) is 5.41. The van der Waals surface area contributed by atoms with Crippen molar-refractivity contribution in [3.63, 3.8) is 0 Å². The summed E-state index contributed by atoms with van der Waals surface area (Å²) in [6, 6.07) is 6.16. The van der Waals surface area contributed by atoms with E-state index in [1.54, 1.807) is 7.11 Å². The van der Waals surface area contributed by atoms with Gasteiger partial charge in [0.1, 0.15) is 5.75 Å². The number of hydrogen-bond donors (Lipinski definition) is 1. The fourth-order valence-electron chi connectivity index (χ4n) is 1.92. The summed E-state index contributed by atoms with van der Waals surface area (Å²) in [4.78, 5) is 0. The third kappa shape index (κ3) is 1.67. The Balaban J connectivity index is 2.65. The molecule has 0 bridgehead atoms. The lowest BCUT2D eigenvalue weighted by atomic mass is 10.0. The molecule has 0 saturated carbocycles. The summed E-state index contributed by atoms with van der Waals surface area (Å²) >= 11 is 0. The van der Waals surface area contributed by atoms with Gasteiger partial charge < -0.3 is 14.4 Å². The van der Waals surface area contributed by atoms with Crippen molar-refractivity contribution in [2.24, 2.45) is 7.05 Å². The number of methoxy groups -OCH3 is 1. The Labute approximate surface area is 95.3 Å². The summed E-state index contributed by atoms with van der Waals surface area (Å²) in [6.07, 6.45) is 2.01. The zero-order chi connectivity index (χ0) is 11.7. The van der Waals surface area contributed by atoms with Crippen LogP contribution in [0.3, 0.4) is 0 Å². The van der Waals surface area contributed by atoms with Gasteiger partial charge in [-0.3, -0.25) is 0 Å². The molecule has 0 amide bonds. The lowest BCUT2D eigenvalue weighted by Gasteiger charge is -2.12. The predicted molar refractivity (Wildman–Crippen MR) is 65.0 cm³/mol. The molecule has 2 aromatic rings. The molecule has 0 radical (unpaired) electrons. The summed E-state index contributed by atoms with van der Waals surface area (Å²) < 4.78 is 7.44. The van der Waals surface area contributed by atoms with Gasteiger partial charge >= 0.3 is 0 Å². The fraction of sp³-hybridized carbons (Fsp3) is 0.385. The van der Waals surface area contributed by atoms with Crippen LogP contribution >= 0.6 is 0 Å². The van der Waals surface area contributed by atoms with Crippen LogP contribution in [-0.4, -0.2) is 23.4 Å². The highest BCUT2D eigenvalue weighted by molar-refractivity contribution is 5.87. The lowest BCUT2D eigenvalue weighted by Crippen LogP contribution is -2.00. The van der Waals surface area contributed by atoms with Gasteiger partial charge in [0.15, 0.2) is 0 Å². The molecule has 86 valence electrons. The molecular formula is C13H17NO2. The molecule has 1 heterocycles. The molecule has 3 nitrogen and oxygen atoms in total.